The van der Waals surface area contributed by atoms with E-state index >= 15 is 0 Å². The van der Waals surface area contributed by atoms with Gasteiger partial charge in [0, 0.05) is 10.7 Å². The summed E-state index contributed by atoms with van der Waals surface area (Å²) < 4.78 is 30.2. The first kappa shape index (κ1) is 23.9. The molecule has 8 heteroatoms. The fourth-order valence-corrected chi connectivity index (χ4v) is 7.63. The van der Waals surface area contributed by atoms with E-state index in [0.717, 1.165) is 16.7 Å². The second-order valence-corrected chi connectivity index (χ2v) is 11.7. The van der Waals surface area contributed by atoms with E-state index in [2.05, 4.69) is 5.32 Å². The van der Waals surface area contributed by atoms with Crippen LogP contribution in [0.15, 0.2) is 77.7 Å². The van der Waals surface area contributed by atoms with Gasteiger partial charge in [0.15, 0.2) is 0 Å². The monoisotopic (exact) mass is 510 g/mol. The fraction of sp³-hybridized carbons (Fsp3) is 0.296. The Morgan fingerprint density at radius 1 is 1.03 bits per heavy atom. The van der Waals surface area contributed by atoms with Crippen LogP contribution in [0.1, 0.15) is 48.5 Å². The fourth-order valence-electron chi connectivity index (χ4n) is 5.55. The molecule has 0 amide bonds. The van der Waals surface area contributed by atoms with Crippen molar-refractivity contribution in [3.63, 3.8) is 0 Å². The van der Waals surface area contributed by atoms with Crippen LogP contribution in [-0.2, 0) is 20.4 Å². The number of nitrogens with one attached hydrogen (secondary N) is 1. The van der Waals surface area contributed by atoms with Crippen molar-refractivity contribution in [1.29, 1.82) is 0 Å². The number of rotatable bonds is 5. The number of fused-ring (bicyclic) bond motifs is 2. The van der Waals surface area contributed by atoms with Crippen molar-refractivity contribution in [2.45, 2.75) is 49.2 Å². The maximum atomic E-state index is 14.3. The molecule has 2 N–H and O–H groups in total. The molecule has 182 valence electrons. The molecule has 3 aromatic rings. The molecule has 6 nitrogen and oxygen atoms in total. The van der Waals surface area contributed by atoms with Crippen LogP contribution in [0, 0.1) is 12.8 Å². The molecule has 2 aliphatic rings. The third-order valence-electron chi connectivity index (χ3n) is 7.28. The zero-order valence-electron chi connectivity index (χ0n) is 19.3. The molecule has 1 atom stereocenters. The molecule has 3 aromatic carbocycles. The van der Waals surface area contributed by atoms with E-state index in [-0.39, 0.29) is 4.90 Å². The lowest BCUT2D eigenvalue weighted by molar-refractivity contribution is -0.143. The molecule has 0 radical (unpaired) electrons. The van der Waals surface area contributed by atoms with Crippen LogP contribution in [0.3, 0.4) is 0 Å². The van der Waals surface area contributed by atoms with Crippen LogP contribution in [0.25, 0.3) is 0 Å². The average molecular weight is 511 g/mol. The van der Waals surface area contributed by atoms with Crippen molar-refractivity contribution in [3.05, 3.63) is 94.5 Å². The first-order valence-corrected chi connectivity index (χ1v) is 13.5. The van der Waals surface area contributed by atoms with Gasteiger partial charge in [0.05, 0.1) is 16.4 Å². The molecule has 1 spiro atoms. The van der Waals surface area contributed by atoms with E-state index in [1.165, 1.54) is 0 Å². The molecule has 1 saturated carbocycles. The second kappa shape index (κ2) is 8.97. The molecule has 1 heterocycles. The molecule has 35 heavy (non-hydrogen) atoms. The predicted molar refractivity (Wildman–Crippen MR) is 136 cm³/mol. The first-order valence-electron chi connectivity index (χ1n) is 11.7. The van der Waals surface area contributed by atoms with Gasteiger partial charge in [0.25, 0.3) is 0 Å². The number of hydrogen-bond acceptors (Lipinski definition) is 4. The summed E-state index contributed by atoms with van der Waals surface area (Å²) in [5.41, 5.74) is 2.63. The molecular formula is C27H27ClN2O4S. The summed E-state index contributed by atoms with van der Waals surface area (Å²) in [5, 5.41) is 13.6. The maximum absolute atomic E-state index is 14.3. The Morgan fingerprint density at radius 2 is 1.71 bits per heavy atom. The second-order valence-electron chi connectivity index (χ2n) is 9.40. The lowest BCUT2D eigenvalue weighted by Gasteiger charge is -2.44. The van der Waals surface area contributed by atoms with Gasteiger partial charge in [0.2, 0.25) is 10.0 Å². The van der Waals surface area contributed by atoms with Crippen LogP contribution in [-0.4, -0.2) is 23.8 Å². The largest absolute Gasteiger partial charge is 0.481 e. The number of halogens is 1. The van der Waals surface area contributed by atoms with Gasteiger partial charge in [-0.3, -0.25) is 4.79 Å². The topological polar surface area (TPSA) is 86.7 Å². The third-order valence-corrected chi connectivity index (χ3v) is 9.46. The van der Waals surface area contributed by atoms with E-state index in [1.807, 2.05) is 43.3 Å². The predicted octanol–water partition coefficient (Wildman–Crippen LogP) is 5.93. The van der Waals surface area contributed by atoms with E-state index in [4.69, 9.17) is 11.6 Å². The Kier molecular flexibility index (Phi) is 6.11. The minimum Gasteiger partial charge on any atom is -0.481 e. The van der Waals surface area contributed by atoms with Gasteiger partial charge in [-0.15, -0.1) is 0 Å². The zero-order valence-corrected chi connectivity index (χ0v) is 20.9. The zero-order chi connectivity index (χ0) is 24.8. The summed E-state index contributed by atoms with van der Waals surface area (Å²) in [6.45, 7) is 1.92. The van der Waals surface area contributed by atoms with Gasteiger partial charge in [0.1, 0.15) is 6.17 Å². The summed E-state index contributed by atoms with van der Waals surface area (Å²) in [4.78, 5) is 11.9. The van der Waals surface area contributed by atoms with Gasteiger partial charge >= 0.3 is 5.97 Å². The summed E-state index contributed by atoms with van der Waals surface area (Å²) in [6, 6.07) is 21.8. The van der Waals surface area contributed by atoms with Crippen molar-refractivity contribution in [2.24, 2.45) is 5.92 Å². The number of hydrogen-bond donors (Lipinski definition) is 2. The first-order chi connectivity index (χ1) is 16.7. The molecule has 5 rings (SSSR count). The third kappa shape index (κ3) is 4.11. The highest BCUT2D eigenvalue weighted by atomic mass is 35.5. The number of sulfonamides is 1. The van der Waals surface area contributed by atoms with Crippen LogP contribution in [0.2, 0.25) is 5.02 Å². The van der Waals surface area contributed by atoms with Gasteiger partial charge < -0.3 is 10.4 Å². The van der Waals surface area contributed by atoms with E-state index in [9.17, 15) is 18.3 Å². The number of nitrogens with zero attached hydrogens (tertiary/aromatic N) is 1. The SMILES string of the molecule is Cc1ccc(S(=O)(=O)N2C(Nc3cccc(Cl)c3)c3ccccc3C23CCC(C(=O)O)CC3)cc1. The number of aliphatic carboxylic acids is 1. The van der Waals surface area contributed by atoms with Gasteiger partial charge in [-0.2, -0.15) is 4.31 Å². The van der Waals surface area contributed by atoms with Crippen LogP contribution in [0.5, 0.6) is 0 Å². The molecule has 0 aromatic heterocycles. The normalized spacial score (nSPS) is 24.3. The summed E-state index contributed by atoms with van der Waals surface area (Å²) in [6.07, 6.45) is 1.01. The van der Waals surface area contributed by atoms with Gasteiger partial charge in [-0.1, -0.05) is 59.6 Å². The lowest BCUT2D eigenvalue weighted by Crippen LogP contribution is -2.50. The van der Waals surface area contributed by atoms with Crippen molar-refractivity contribution >= 4 is 33.3 Å². The quantitative estimate of drug-likeness (QED) is 0.444. The van der Waals surface area contributed by atoms with E-state index in [0.29, 0.717) is 36.4 Å². The summed E-state index contributed by atoms with van der Waals surface area (Å²) >= 11 is 6.23. The standard InChI is InChI=1S/C27H27ClN2O4S/c1-18-9-11-22(12-10-18)35(33,34)30-25(29-21-6-4-5-20(28)17-21)23-7-2-3-8-24(23)27(30)15-13-19(14-16-27)26(31)32/h2-12,17,19,25,29H,13-16H2,1H3,(H,31,32). The molecule has 1 fully saturated rings. The van der Waals surface area contributed by atoms with Crippen LogP contribution in [0.4, 0.5) is 5.69 Å². The lowest BCUT2D eigenvalue weighted by atomic mass is 9.73. The Labute approximate surface area is 210 Å². The average Bonchev–Trinajstić information content (AvgIpc) is 3.09. The Morgan fingerprint density at radius 3 is 2.37 bits per heavy atom. The molecule has 1 aliphatic carbocycles. The van der Waals surface area contributed by atoms with Crippen molar-refractivity contribution in [3.8, 4) is 0 Å². The molecule has 1 aliphatic heterocycles. The Balaban J connectivity index is 1.67. The number of carbonyl (C=O) groups is 1. The molecule has 1 unspecified atom stereocenters. The highest BCUT2D eigenvalue weighted by molar-refractivity contribution is 7.89. The minimum atomic E-state index is -3.96. The Bertz CT molecular complexity index is 1370. The van der Waals surface area contributed by atoms with Crippen molar-refractivity contribution in [2.75, 3.05) is 5.32 Å². The maximum Gasteiger partial charge on any atom is 0.306 e. The number of anilines is 1. The summed E-state index contributed by atoms with van der Waals surface area (Å²) in [5.74, 6) is -1.30. The van der Waals surface area contributed by atoms with Gasteiger partial charge in [-0.05, 0) is 74.1 Å². The molecule has 0 bridgehead atoms. The van der Waals surface area contributed by atoms with Crippen LogP contribution < -0.4 is 5.32 Å². The van der Waals surface area contributed by atoms with E-state index < -0.39 is 33.6 Å². The molecule has 0 saturated heterocycles. The van der Waals surface area contributed by atoms with Crippen LogP contribution >= 0.6 is 11.6 Å². The summed E-state index contributed by atoms with van der Waals surface area (Å²) in [7, 11) is -3.96. The number of aryl methyl sites for hydroxylation is 1. The van der Waals surface area contributed by atoms with Gasteiger partial charge in [-0.25, -0.2) is 8.42 Å². The minimum absolute atomic E-state index is 0.216. The van der Waals surface area contributed by atoms with E-state index in [1.54, 1.807) is 40.7 Å². The Hall–Kier alpha value is -2.87. The highest BCUT2D eigenvalue weighted by Crippen LogP contribution is 2.56. The number of carboxylic acid groups (broad SMARTS) is 1. The smallest absolute Gasteiger partial charge is 0.306 e. The number of carboxylic acids is 1. The van der Waals surface area contributed by atoms with Crippen molar-refractivity contribution in [1.82, 2.24) is 4.31 Å². The molecular weight excluding hydrogens is 484 g/mol. The highest BCUT2D eigenvalue weighted by Gasteiger charge is 2.57. The number of benzene rings is 3. The van der Waals surface area contributed by atoms with Crippen molar-refractivity contribution < 1.29 is 18.3 Å².